The minimum Gasteiger partial charge on any atom is -0.477 e. The normalized spacial score (nSPS) is 14.4. The first-order valence-corrected chi connectivity index (χ1v) is 9.71. The van der Waals surface area contributed by atoms with Gasteiger partial charge in [0.15, 0.2) is 0 Å². The Morgan fingerprint density at radius 3 is 2.57 bits per heavy atom. The van der Waals surface area contributed by atoms with E-state index in [1.807, 2.05) is 41.3 Å². The molecule has 0 radical (unpaired) electrons. The second-order valence-electron chi connectivity index (χ2n) is 7.27. The van der Waals surface area contributed by atoms with Gasteiger partial charge in [-0.2, -0.15) is 0 Å². The van der Waals surface area contributed by atoms with Gasteiger partial charge in [-0.3, -0.25) is 4.79 Å². The summed E-state index contributed by atoms with van der Waals surface area (Å²) >= 11 is 0. The topological polar surface area (TPSA) is 67.8 Å². The summed E-state index contributed by atoms with van der Waals surface area (Å²) < 4.78 is 11.2. The number of benzene rings is 1. The van der Waals surface area contributed by atoms with Gasteiger partial charge in [0.25, 0.3) is 0 Å². The quantitative estimate of drug-likeness (QED) is 0.696. The predicted molar refractivity (Wildman–Crippen MR) is 107 cm³/mol. The van der Waals surface area contributed by atoms with Gasteiger partial charge in [-0.25, -0.2) is 9.97 Å². The molecule has 1 saturated heterocycles. The average Bonchev–Trinajstić information content (AvgIpc) is 2.73. The molecule has 1 amide bonds. The summed E-state index contributed by atoms with van der Waals surface area (Å²) in [7, 11) is 0. The third-order valence-electron chi connectivity index (χ3n) is 4.49. The molecule has 0 aliphatic carbocycles. The Labute approximate surface area is 166 Å². The van der Waals surface area contributed by atoms with Crippen molar-refractivity contribution in [2.24, 2.45) is 5.92 Å². The Hall–Kier alpha value is -2.67. The molecule has 7 heteroatoms. The Kier molecular flexibility index (Phi) is 7.19. The van der Waals surface area contributed by atoms with E-state index in [4.69, 9.17) is 9.47 Å². The van der Waals surface area contributed by atoms with Gasteiger partial charge in [0.05, 0.1) is 13.2 Å². The van der Waals surface area contributed by atoms with Crippen LogP contribution in [0.25, 0.3) is 0 Å². The fourth-order valence-corrected chi connectivity index (χ4v) is 2.94. The van der Waals surface area contributed by atoms with Gasteiger partial charge in [0.2, 0.25) is 11.8 Å². The number of aromatic nitrogens is 2. The fraction of sp³-hybridized carbons (Fsp3) is 0.476. The number of rotatable bonds is 8. The second-order valence-corrected chi connectivity index (χ2v) is 7.27. The molecule has 1 aliphatic rings. The van der Waals surface area contributed by atoms with Crippen molar-refractivity contribution in [3.05, 3.63) is 48.3 Å². The Morgan fingerprint density at radius 1 is 1.11 bits per heavy atom. The van der Waals surface area contributed by atoms with E-state index in [1.165, 1.54) is 6.33 Å². The molecule has 3 rings (SSSR count). The van der Waals surface area contributed by atoms with Crippen molar-refractivity contribution >= 4 is 11.7 Å². The zero-order valence-electron chi connectivity index (χ0n) is 16.6. The SMILES string of the molecule is CC(C)COc1cc(N2CCN(C(=O)COCc3ccccc3)CC2)ncn1. The fourth-order valence-electron chi connectivity index (χ4n) is 2.94. The van der Waals surface area contributed by atoms with E-state index in [0.717, 1.165) is 24.5 Å². The summed E-state index contributed by atoms with van der Waals surface area (Å²) in [6.45, 7) is 8.14. The number of hydrogen-bond acceptors (Lipinski definition) is 6. The molecular weight excluding hydrogens is 356 g/mol. The van der Waals surface area contributed by atoms with Crippen LogP contribution in [-0.2, 0) is 16.1 Å². The number of hydrogen-bond donors (Lipinski definition) is 0. The van der Waals surface area contributed by atoms with Crippen LogP contribution in [0.4, 0.5) is 5.82 Å². The Balaban J connectivity index is 1.43. The molecule has 7 nitrogen and oxygen atoms in total. The van der Waals surface area contributed by atoms with Crippen molar-refractivity contribution < 1.29 is 14.3 Å². The first-order chi connectivity index (χ1) is 13.6. The summed E-state index contributed by atoms with van der Waals surface area (Å²) in [6, 6.07) is 11.7. The van der Waals surface area contributed by atoms with Crippen LogP contribution in [0.3, 0.4) is 0 Å². The molecule has 1 fully saturated rings. The van der Waals surface area contributed by atoms with Gasteiger partial charge in [-0.15, -0.1) is 0 Å². The summed E-state index contributed by atoms with van der Waals surface area (Å²) in [5, 5.41) is 0. The van der Waals surface area contributed by atoms with E-state index in [1.54, 1.807) is 0 Å². The van der Waals surface area contributed by atoms with Crippen LogP contribution in [-0.4, -0.2) is 60.2 Å². The number of carbonyl (C=O) groups is 1. The van der Waals surface area contributed by atoms with Crippen LogP contribution in [0.15, 0.2) is 42.7 Å². The van der Waals surface area contributed by atoms with Gasteiger partial charge in [-0.05, 0) is 11.5 Å². The van der Waals surface area contributed by atoms with Crippen molar-refractivity contribution in [2.75, 3.05) is 44.3 Å². The minimum atomic E-state index is 0.0271. The van der Waals surface area contributed by atoms with Crippen LogP contribution in [0.1, 0.15) is 19.4 Å². The molecule has 0 N–H and O–H groups in total. The summed E-state index contributed by atoms with van der Waals surface area (Å²) in [5.41, 5.74) is 1.07. The molecule has 0 unspecified atom stereocenters. The van der Waals surface area contributed by atoms with Crippen LogP contribution in [0.5, 0.6) is 5.88 Å². The molecule has 2 aromatic rings. The van der Waals surface area contributed by atoms with E-state index in [2.05, 4.69) is 28.7 Å². The molecular formula is C21H28N4O3. The highest BCUT2D eigenvalue weighted by molar-refractivity contribution is 5.77. The summed E-state index contributed by atoms with van der Waals surface area (Å²) in [5.74, 6) is 1.89. The van der Waals surface area contributed by atoms with E-state index in [-0.39, 0.29) is 12.5 Å². The lowest BCUT2D eigenvalue weighted by Gasteiger charge is -2.35. The zero-order valence-corrected chi connectivity index (χ0v) is 16.6. The van der Waals surface area contributed by atoms with Crippen LogP contribution in [0.2, 0.25) is 0 Å². The molecule has 1 aliphatic heterocycles. The molecule has 0 spiro atoms. The van der Waals surface area contributed by atoms with Crippen molar-refractivity contribution in [1.82, 2.24) is 14.9 Å². The molecule has 0 saturated carbocycles. The maximum absolute atomic E-state index is 12.4. The standard InChI is InChI=1S/C21H28N4O3/c1-17(2)13-28-20-12-19(22-16-23-20)24-8-10-25(11-9-24)21(26)15-27-14-18-6-4-3-5-7-18/h3-7,12,16-17H,8-11,13-15H2,1-2H3. The number of amides is 1. The number of piperazine rings is 1. The van der Waals surface area contributed by atoms with Gasteiger partial charge >= 0.3 is 0 Å². The predicted octanol–water partition coefficient (Wildman–Crippen LogP) is 2.38. The Bertz CT molecular complexity index is 746. The number of carbonyl (C=O) groups excluding carboxylic acids is 1. The monoisotopic (exact) mass is 384 g/mol. The zero-order chi connectivity index (χ0) is 19.8. The maximum Gasteiger partial charge on any atom is 0.248 e. The molecule has 1 aromatic heterocycles. The first-order valence-electron chi connectivity index (χ1n) is 9.71. The molecule has 0 bridgehead atoms. The third-order valence-corrected chi connectivity index (χ3v) is 4.49. The Morgan fingerprint density at radius 2 is 1.86 bits per heavy atom. The molecule has 1 aromatic carbocycles. The minimum absolute atomic E-state index is 0.0271. The van der Waals surface area contributed by atoms with E-state index in [9.17, 15) is 4.79 Å². The highest BCUT2D eigenvalue weighted by Gasteiger charge is 2.22. The summed E-state index contributed by atoms with van der Waals surface area (Å²) in [6.07, 6.45) is 1.53. The van der Waals surface area contributed by atoms with Crippen molar-refractivity contribution in [3.8, 4) is 5.88 Å². The van der Waals surface area contributed by atoms with Gasteiger partial charge in [-0.1, -0.05) is 44.2 Å². The molecule has 150 valence electrons. The van der Waals surface area contributed by atoms with E-state index < -0.39 is 0 Å². The van der Waals surface area contributed by atoms with Crippen LogP contribution < -0.4 is 9.64 Å². The highest BCUT2D eigenvalue weighted by atomic mass is 16.5. The van der Waals surface area contributed by atoms with Crippen molar-refractivity contribution in [2.45, 2.75) is 20.5 Å². The maximum atomic E-state index is 12.4. The highest BCUT2D eigenvalue weighted by Crippen LogP contribution is 2.18. The summed E-state index contributed by atoms with van der Waals surface area (Å²) in [4.78, 5) is 24.9. The van der Waals surface area contributed by atoms with Crippen molar-refractivity contribution in [1.29, 1.82) is 0 Å². The molecule has 2 heterocycles. The smallest absolute Gasteiger partial charge is 0.248 e. The van der Waals surface area contributed by atoms with Crippen LogP contribution >= 0.6 is 0 Å². The van der Waals surface area contributed by atoms with E-state index in [0.29, 0.717) is 38.1 Å². The lowest BCUT2D eigenvalue weighted by Crippen LogP contribution is -2.50. The number of anilines is 1. The van der Waals surface area contributed by atoms with Crippen LogP contribution in [0, 0.1) is 5.92 Å². The largest absolute Gasteiger partial charge is 0.477 e. The average molecular weight is 384 g/mol. The lowest BCUT2D eigenvalue weighted by molar-refractivity contribution is -0.136. The van der Waals surface area contributed by atoms with Gasteiger partial charge in [0, 0.05) is 32.2 Å². The van der Waals surface area contributed by atoms with Gasteiger partial charge < -0.3 is 19.3 Å². The number of nitrogens with zero attached hydrogens (tertiary/aromatic N) is 4. The third kappa shape index (κ3) is 5.92. The van der Waals surface area contributed by atoms with Gasteiger partial charge in [0.1, 0.15) is 18.8 Å². The first kappa shape index (κ1) is 20.1. The second kappa shape index (κ2) is 10.0. The van der Waals surface area contributed by atoms with E-state index >= 15 is 0 Å². The molecule has 0 atom stereocenters. The number of ether oxygens (including phenoxy) is 2. The molecule has 28 heavy (non-hydrogen) atoms. The lowest BCUT2D eigenvalue weighted by atomic mass is 10.2. The van der Waals surface area contributed by atoms with Crippen molar-refractivity contribution in [3.63, 3.8) is 0 Å².